The van der Waals surface area contributed by atoms with Gasteiger partial charge in [0.1, 0.15) is 6.07 Å². The number of hydrogen-bond donors (Lipinski definition) is 1. The van der Waals surface area contributed by atoms with Crippen LogP contribution in [-0.4, -0.2) is 18.5 Å². The normalized spacial score (nSPS) is 9.82. The molecule has 1 aromatic heterocycles. The van der Waals surface area contributed by atoms with Crippen molar-refractivity contribution in [1.29, 1.82) is 5.26 Å². The molecule has 0 saturated carbocycles. The molecule has 0 saturated heterocycles. The van der Waals surface area contributed by atoms with Crippen molar-refractivity contribution in [2.45, 2.75) is 0 Å². The average Bonchev–Trinajstić information content (AvgIpc) is 2.47. The molecule has 0 bridgehead atoms. The summed E-state index contributed by atoms with van der Waals surface area (Å²) < 4.78 is 4.59. The number of rotatable bonds is 2. The van der Waals surface area contributed by atoms with Crippen LogP contribution in [0.25, 0.3) is 0 Å². The Labute approximate surface area is 64.1 Å². The minimum atomic E-state index is 0.512. The van der Waals surface area contributed by atoms with E-state index >= 15 is 0 Å². The predicted molar refractivity (Wildman–Crippen MR) is 40.7 cm³/mol. The summed E-state index contributed by atoms with van der Waals surface area (Å²) in [7, 11) is 1.50. The molecule has 0 spiro atoms. The van der Waals surface area contributed by atoms with Crippen molar-refractivity contribution in [2.24, 2.45) is 4.99 Å². The van der Waals surface area contributed by atoms with Crippen LogP contribution in [0.1, 0.15) is 5.56 Å². The number of ether oxygens (including phenoxy) is 1. The monoisotopic (exact) mass is 149 g/mol. The third-order valence-electron chi connectivity index (χ3n) is 1.13. The van der Waals surface area contributed by atoms with Crippen molar-refractivity contribution >= 4 is 12.2 Å². The molecule has 0 aliphatic heterocycles. The van der Waals surface area contributed by atoms with Crippen molar-refractivity contribution in [3.8, 4) is 6.07 Å². The van der Waals surface area contributed by atoms with E-state index in [1.165, 1.54) is 13.5 Å². The topological polar surface area (TPSA) is 61.2 Å². The highest BCUT2D eigenvalue weighted by Crippen LogP contribution is 2.13. The second-order valence-electron chi connectivity index (χ2n) is 1.82. The van der Waals surface area contributed by atoms with Gasteiger partial charge in [-0.2, -0.15) is 5.26 Å². The van der Waals surface area contributed by atoms with E-state index in [4.69, 9.17) is 5.26 Å². The van der Waals surface area contributed by atoms with Gasteiger partial charge in [0, 0.05) is 6.20 Å². The molecule has 1 N–H and O–H groups in total. The van der Waals surface area contributed by atoms with Crippen LogP contribution < -0.4 is 0 Å². The van der Waals surface area contributed by atoms with Gasteiger partial charge in [-0.25, -0.2) is 4.99 Å². The number of hydrogen-bond acceptors (Lipinski definition) is 3. The lowest BCUT2D eigenvalue weighted by Gasteiger charge is -1.86. The van der Waals surface area contributed by atoms with Crippen LogP contribution in [0.2, 0.25) is 0 Å². The first-order valence-corrected chi connectivity index (χ1v) is 3.01. The van der Waals surface area contributed by atoms with Crippen LogP contribution >= 0.6 is 0 Å². The molecule has 0 amide bonds. The highest BCUT2D eigenvalue weighted by Gasteiger charge is 1.97. The third-order valence-corrected chi connectivity index (χ3v) is 1.13. The van der Waals surface area contributed by atoms with Crippen molar-refractivity contribution in [3.63, 3.8) is 0 Å². The van der Waals surface area contributed by atoms with Crippen molar-refractivity contribution in [3.05, 3.63) is 17.8 Å². The molecular formula is C7H7N3O. The minimum absolute atomic E-state index is 0.512. The summed E-state index contributed by atoms with van der Waals surface area (Å²) in [5.41, 5.74) is 0.512. The highest BCUT2D eigenvalue weighted by atomic mass is 16.5. The van der Waals surface area contributed by atoms with E-state index < -0.39 is 0 Å². The first-order chi connectivity index (χ1) is 5.38. The minimum Gasteiger partial charge on any atom is -0.486 e. The maximum Gasteiger partial charge on any atom is 0.175 e. The maximum absolute atomic E-state index is 8.52. The van der Waals surface area contributed by atoms with Crippen LogP contribution in [-0.2, 0) is 4.74 Å². The number of aromatic nitrogens is 1. The first kappa shape index (κ1) is 7.35. The summed E-state index contributed by atoms with van der Waals surface area (Å²) in [6.45, 7) is 0. The van der Waals surface area contributed by atoms with Gasteiger partial charge < -0.3 is 9.72 Å². The number of aliphatic imine (C=N–C) groups is 1. The Morgan fingerprint density at radius 1 is 1.82 bits per heavy atom. The van der Waals surface area contributed by atoms with Gasteiger partial charge >= 0.3 is 0 Å². The Morgan fingerprint density at radius 2 is 2.64 bits per heavy atom. The van der Waals surface area contributed by atoms with E-state index in [9.17, 15) is 0 Å². The summed E-state index contributed by atoms with van der Waals surface area (Å²) in [4.78, 5) is 6.62. The van der Waals surface area contributed by atoms with Gasteiger partial charge in [-0.3, -0.25) is 0 Å². The van der Waals surface area contributed by atoms with Crippen LogP contribution in [0, 0.1) is 11.3 Å². The Kier molecular flexibility index (Phi) is 2.28. The number of aromatic amines is 1. The lowest BCUT2D eigenvalue weighted by Crippen LogP contribution is -1.76. The zero-order valence-corrected chi connectivity index (χ0v) is 6.03. The van der Waals surface area contributed by atoms with Crippen molar-refractivity contribution in [2.75, 3.05) is 7.11 Å². The molecule has 4 nitrogen and oxygen atoms in total. The number of nitrogens with one attached hydrogen (secondary N) is 1. The average molecular weight is 149 g/mol. The van der Waals surface area contributed by atoms with Crippen LogP contribution in [0.15, 0.2) is 17.3 Å². The SMILES string of the molecule is CO/C=N/c1[nH]ccc1C#N. The molecule has 0 unspecified atom stereocenters. The van der Waals surface area contributed by atoms with Gasteiger partial charge in [0.25, 0.3) is 0 Å². The molecule has 0 radical (unpaired) electrons. The van der Waals surface area contributed by atoms with Gasteiger partial charge in [0.2, 0.25) is 0 Å². The molecule has 4 heteroatoms. The summed E-state index contributed by atoms with van der Waals surface area (Å²) in [6.07, 6.45) is 2.92. The smallest absolute Gasteiger partial charge is 0.175 e. The Hall–Kier alpha value is -1.76. The van der Waals surface area contributed by atoms with Gasteiger partial charge in [0.15, 0.2) is 12.2 Å². The molecule has 0 aliphatic carbocycles. The lowest BCUT2D eigenvalue weighted by molar-refractivity contribution is 0.423. The maximum atomic E-state index is 8.52. The molecule has 0 aliphatic rings. The molecule has 11 heavy (non-hydrogen) atoms. The van der Waals surface area contributed by atoms with E-state index in [-0.39, 0.29) is 0 Å². The predicted octanol–water partition coefficient (Wildman–Crippen LogP) is 1.19. The lowest BCUT2D eigenvalue weighted by atomic mass is 10.3. The zero-order chi connectivity index (χ0) is 8.10. The fraction of sp³-hybridized carbons (Fsp3) is 0.143. The molecule has 0 atom stereocenters. The number of nitrogens with zero attached hydrogens (tertiary/aromatic N) is 2. The fourth-order valence-corrected chi connectivity index (χ4v) is 0.663. The molecular weight excluding hydrogens is 142 g/mol. The number of H-pyrrole nitrogens is 1. The van der Waals surface area contributed by atoms with Gasteiger partial charge in [-0.05, 0) is 6.07 Å². The number of methoxy groups -OCH3 is 1. The van der Waals surface area contributed by atoms with Crippen molar-refractivity contribution in [1.82, 2.24) is 4.98 Å². The summed E-state index contributed by atoms with van der Waals surface area (Å²) >= 11 is 0. The fourth-order valence-electron chi connectivity index (χ4n) is 0.663. The van der Waals surface area contributed by atoms with Crippen LogP contribution in [0.5, 0.6) is 0 Å². The second kappa shape index (κ2) is 3.42. The quantitative estimate of drug-likeness (QED) is 0.507. The summed E-state index contributed by atoms with van der Waals surface area (Å²) in [5.74, 6) is 0.523. The number of nitriles is 1. The zero-order valence-electron chi connectivity index (χ0n) is 6.03. The summed E-state index contributed by atoms with van der Waals surface area (Å²) in [5, 5.41) is 8.52. The Morgan fingerprint density at radius 3 is 3.27 bits per heavy atom. The van der Waals surface area contributed by atoms with E-state index in [1.54, 1.807) is 12.3 Å². The van der Waals surface area contributed by atoms with Gasteiger partial charge in [0.05, 0.1) is 12.7 Å². The van der Waals surface area contributed by atoms with Crippen molar-refractivity contribution < 1.29 is 4.74 Å². The molecule has 0 aromatic carbocycles. The highest BCUT2D eigenvalue weighted by molar-refractivity contribution is 5.58. The van der Waals surface area contributed by atoms with Crippen LogP contribution in [0.3, 0.4) is 0 Å². The summed E-state index contributed by atoms with van der Waals surface area (Å²) in [6, 6.07) is 3.64. The molecule has 1 aromatic rings. The van der Waals surface area contributed by atoms with Gasteiger partial charge in [-0.1, -0.05) is 0 Å². The van der Waals surface area contributed by atoms with E-state index in [1.807, 2.05) is 6.07 Å². The Bertz CT molecular complexity index is 295. The van der Waals surface area contributed by atoms with Gasteiger partial charge in [-0.15, -0.1) is 0 Å². The van der Waals surface area contributed by atoms with Crippen LogP contribution in [0.4, 0.5) is 5.82 Å². The third kappa shape index (κ3) is 1.58. The standard InChI is InChI=1S/C7H7N3O/c1-11-5-10-7-6(4-8)2-3-9-7/h2-3,5,9H,1H3/b10-5+. The molecule has 1 rings (SSSR count). The first-order valence-electron chi connectivity index (χ1n) is 3.01. The second-order valence-corrected chi connectivity index (χ2v) is 1.82. The molecule has 0 fully saturated rings. The molecule has 56 valence electrons. The van der Waals surface area contributed by atoms with E-state index in [2.05, 4.69) is 14.7 Å². The largest absolute Gasteiger partial charge is 0.486 e. The van der Waals surface area contributed by atoms with E-state index in [0.717, 1.165) is 0 Å². The Balaban J connectivity index is 2.87. The van der Waals surface area contributed by atoms with E-state index in [0.29, 0.717) is 11.4 Å². The molecule has 1 heterocycles.